The summed E-state index contributed by atoms with van der Waals surface area (Å²) < 4.78 is 6.18. The van der Waals surface area contributed by atoms with Crippen LogP contribution in [0.5, 0.6) is 0 Å². The second-order valence-corrected chi connectivity index (χ2v) is 6.90. The van der Waals surface area contributed by atoms with Crippen LogP contribution in [0.25, 0.3) is 22.6 Å². The Morgan fingerprint density at radius 2 is 1.59 bits per heavy atom. The van der Waals surface area contributed by atoms with E-state index in [0.717, 1.165) is 29.7 Å². The minimum Gasteiger partial charge on any atom is -0.422 e. The zero-order valence-corrected chi connectivity index (χ0v) is 16.2. The molecule has 0 atom stereocenters. The average molecular weight is 362 g/mol. The van der Waals surface area contributed by atoms with E-state index in [1.807, 2.05) is 74.5 Å². The molecule has 0 unspecified atom stereocenters. The van der Waals surface area contributed by atoms with E-state index in [1.54, 1.807) is 4.90 Å². The number of rotatable bonds is 7. The molecule has 4 nitrogen and oxygen atoms in total. The maximum atomic E-state index is 12.8. The Kier molecular flexibility index (Phi) is 6.07. The van der Waals surface area contributed by atoms with E-state index < -0.39 is 0 Å². The van der Waals surface area contributed by atoms with Gasteiger partial charge in [0.05, 0.1) is 0 Å². The zero-order chi connectivity index (χ0) is 19.2. The lowest BCUT2D eigenvalue weighted by Crippen LogP contribution is -2.35. The molecular weight excluding hydrogens is 336 g/mol. The quantitative estimate of drug-likeness (QED) is 0.534. The van der Waals surface area contributed by atoms with Crippen molar-refractivity contribution in [3.63, 3.8) is 0 Å². The van der Waals surface area contributed by atoms with Crippen molar-refractivity contribution in [2.75, 3.05) is 11.4 Å². The Bertz CT molecular complexity index is 813. The molecule has 4 heteroatoms. The summed E-state index contributed by atoms with van der Waals surface area (Å²) in [6.45, 7) is 6.52. The molecule has 0 bridgehead atoms. The molecule has 0 aliphatic rings. The van der Waals surface area contributed by atoms with Crippen LogP contribution in [0.3, 0.4) is 0 Å². The third-order valence-corrected chi connectivity index (χ3v) is 4.43. The van der Waals surface area contributed by atoms with E-state index in [2.05, 4.69) is 6.92 Å². The molecule has 27 heavy (non-hydrogen) atoms. The number of nitrogens with zero attached hydrogens (tertiary/aromatic N) is 2. The molecule has 3 rings (SSSR count). The second kappa shape index (κ2) is 8.67. The Labute approximate surface area is 160 Å². The van der Waals surface area contributed by atoms with E-state index >= 15 is 0 Å². The number of anilines is 1. The van der Waals surface area contributed by atoms with Gasteiger partial charge in [-0.05, 0) is 6.42 Å². The topological polar surface area (TPSA) is 46.3 Å². The van der Waals surface area contributed by atoms with Gasteiger partial charge in [0.2, 0.25) is 5.91 Å². The third-order valence-electron chi connectivity index (χ3n) is 4.43. The first-order valence-electron chi connectivity index (χ1n) is 9.54. The number of benzene rings is 2. The van der Waals surface area contributed by atoms with Gasteiger partial charge in [-0.15, -0.1) is 0 Å². The molecule has 1 aromatic heterocycles. The van der Waals surface area contributed by atoms with Gasteiger partial charge in [-0.2, -0.15) is 4.98 Å². The van der Waals surface area contributed by atoms with Gasteiger partial charge in [-0.3, -0.25) is 9.69 Å². The Hall–Kier alpha value is -2.88. The van der Waals surface area contributed by atoms with Crippen LogP contribution in [0, 0.1) is 5.92 Å². The molecule has 0 spiro atoms. The highest BCUT2D eigenvalue weighted by Gasteiger charge is 2.26. The van der Waals surface area contributed by atoms with Gasteiger partial charge in [-0.25, -0.2) is 0 Å². The molecule has 0 N–H and O–H groups in total. The van der Waals surface area contributed by atoms with Gasteiger partial charge in [0.25, 0.3) is 0 Å². The normalized spacial score (nSPS) is 11.0. The predicted molar refractivity (Wildman–Crippen MR) is 109 cm³/mol. The number of carbonyl (C=O) groups is 1. The van der Waals surface area contributed by atoms with Crippen molar-refractivity contribution in [2.45, 2.75) is 33.6 Å². The fourth-order valence-corrected chi connectivity index (χ4v) is 2.93. The van der Waals surface area contributed by atoms with Crippen molar-refractivity contribution in [3.05, 3.63) is 60.7 Å². The summed E-state index contributed by atoms with van der Waals surface area (Å²) in [5.74, 6) is 0.605. The Morgan fingerprint density at radius 3 is 2.15 bits per heavy atom. The number of oxazole rings is 1. The number of unbranched alkanes of at least 4 members (excludes halogenated alkanes) is 1. The Balaban J connectivity index is 2.11. The number of hydrogen-bond acceptors (Lipinski definition) is 3. The van der Waals surface area contributed by atoms with Crippen LogP contribution in [-0.4, -0.2) is 17.4 Å². The molecule has 3 aromatic rings. The zero-order valence-electron chi connectivity index (χ0n) is 16.2. The van der Waals surface area contributed by atoms with E-state index in [0.29, 0.717) is 18.3 Å². The van der Waals surface area contributed by atoms with E-state index in [4.69, 9.17) is 9.40 Å². The SMILES string of the molecule is CCCCN(C(=O)C(C)C)c1nc(-c2ccccc2)c(-c2ccccc2)o1. The Morgan fingerprint density at radius 1 is 1.00 bits per heavy atom. The summed E-state index contributed by atoms with van der Waals surface area (Å²) in [4.78, 5) is 19.2. The van der Waals surface area contributed by atoms with E-state index in [1.165, 1.54) is 0 Å². The van der Waals surface area contributed by atoms with Crippen LogP contribution in [0.15, 0.2) is 65.1 Å². The van der Waals surface area contributed by atoms with Crippen molar-refractivity contribution < 1.29 is 9.21 Å². The summed E-state index contributed by atoms with van der Waals surface area (Å²) in [6.07, 6.45) is 1.90. The molecule has 0 aliphatic carbocycles. The monoisotopic (exact) mass is 362 g/mol. The first-order chi connectivity index (χ1) is 13.1. The lowest BCUT2D eigenvalue weighted by Gasteiger charge is -2.20. The summed E-state index contributed by atoms with van der Waals surface area (Å²) in [5, 5.41) is 0. The van der Waals surface area contributed by atoms with Crippen LogP contribution < -0.4 is 4.90 Å². The number of aromatic nitrogens is 1. The van der Waals surface area contributed by atoms with Gasteiger partial charge < -0.3 is 4.42 Å². The molecule has 1 heterocycles. The fraction of sp³-hybridized carbons (Fsp3) is 0.304. The van der Waals surface area contributed by atoms with Crippen LogP contribution in [-0.2, 0) is 4.79 Å². The molecule has 140 valence electrons. The highest BCUT2D eigenvalue weighted by atomic mass is 16.4. The van der Waals surface area contributed by atoms with Crippen LogP contribution in [0.2, 0.25) is 0 Å². The molecule has 0 radical (unpaired) electrons. The predicted octanol–water partition coefficient (Wildman–Crippen LogP) is 5.80. The summed E-state index contributed by atoms with van der Waals surface area (Å²) in [6, 6.07) is 20.2. The number of hydrogen-bond donors (Lipinski definition) is 0. The van der Waals surface area contributed by atoms with Crippen molar-refractivity contribution >= 4 is 11.9 Å². The first-order valence-corrected chi connectivity index (χ1v) is 9.54. The van der Waals surface area contributed by atoms with Crippen molar-refractivity contribution in [1.29, 1.82) is 0 Å². The molecule has 1 amide bonds. The lowest BCUT2D eigenvalue weighted by molar-refractivity contribution is -0.121. The third kappa shape index (κ3) is 4.27. The highest BCUT2D eigenvalue weighted by molar-refractivity contribution is 5.93. The smallest absolute Gasteiger partial charge is 0.305 e. The number of carbonyl (C=O) groups excluding carboxylic acids is 1. The van der Waals surface area contributed by atoms with Crippen LogP contribution in [0.4, 0.5) is 6.01 Å². The summed E-state index contributed by atoms with van der Waals surface area (Å²) in [7, 11) is 0. The fourth-order valence-electron chi connectivity index (χ4n) is 2.93. The molecule has 0 aliphatic heterocycles. The van der Waals surface area contributed by atoms with Gasteiger partial charge >= 0.3 is 6.01 Å². The summed E-state index contributed by atoms with van der Waals surface area (Å²) in [5.41, 5.74) is 2.68. The maximum absolute atomic E-state index is 12.8. The van der Waals surface area contributed by atoms with Crippen molar-refractivity contribution in [1.82, 2.24) is 4.98 Å². The average Bonchev–Trinajstić information content (AvgIpc) is 3.14. The van der Waals surface area contributed by atoms with Crippen molar-refractivity contribution in [3.8, 4) is 22.6 Å². The van der Waals surface area contributed by atoms with E-state index in [9.17, 15) is 4.79 Å². The van der Waals surface area contributed by atoms with Gasteiger partial charge in [0, 0.05) is 23.6 Å². The standard InChI is InChI=1S/C23H26N2O2/c1-4-5-16-25(22(26)17(2)3)23-24-20(18-12-8-6-9-13-18)21(27-23)19-14-10-7-11-15-19/h6-15,17H,4-5,16H2,1-3H3. The van der Waals surface area contributed by atoms with E-state index in [-0.39, 0.29) is 11.8 Å². The lowest BCUT2D eigenvalue weighted by atomic mass is 10.1. The van der Waals surface area contributed by atoms with Gasteiger partial charge in [-0.1, -0.05) is 87.9 Å². The highest BCUT2D eigenvalue weighted by Crippen LogP contribution is 2.35. The van der Waals surface area contributed by atoms with Crippen LogP contribution >= 0.6 is 0 Å². The second-order valence-electron chi connectivity index (χ2n) is 6.90. The molecule has 0 saturated heterocycles. The van der Waals surface area contributed by atoms with Crippen LogP contribution in [0.1, 0.15) is 33.6 Å². The molecule has 2 aromatic carbocycles. The maximum Gasteiger partial charge on any atom is 0.305 e. The minimum absolute atomic E-state index is 0.0314. The molecular formula is C23H26N2O2. The van der Waals surface area contributed by atoms with Crippen molar-refractivity contribution in [2.24, 2.45) is 5.92 Å². The molecule has 0 fully saturated rings. The van der Waals surface area contributed by atoms with Gasteiger partial charge in [0.15, 0.2) is 5.76 Å². The van der Waals surface area contributed by atoms with Gasteiger partial charge in [0.1, 0.15) is 5.69 Å². The minimum atomic E-state index is -0.117. The first kappa shape index (κ1) is 18.9. The number of amides is 1. The summed E-state index contributed by atoms with van der Waals surface area (Å²) >= 11 is 0. The largest absolute Gasteiger partial charge is 0.422 e. The molecule has 0 saturated carbocycles.